The Morgan fingerprint density at radius 1 is 1.52 bits per heavy atom. The van der Waals surface area contributed by atoms with Gasteiger partial charge in [0, 0.05) is 18.3 Å². The van der Waals surface area contributed by atoms with Gasteiger partial charge in [0.2, 0.25) is 0 Å². The first-order valence-corrected chi connectivity index (χ1v) is 6.25. The fraction of sp³-hybridized carbons (Fsp3) is 0.385. The van der Waals surface area contributed by atoms with Crippen molar-refractivity contribution in [3.05, 3.63) is 24.0 Å². The van der Waals surface area contributed by atoms with Crippen molar-refractivity contribution in [2.45, 2.75) is 6.10 Å². The first kappa shape index (κ1) is 15.0. The zero-order chi connectivity index (χ0) is 15.4. The second-order valence-electron chi connectivity index (χ2n) is 4.42. The normalized spacial score (nSPS) is 18.2. The number of hydrogen-bond donors (Lipinski definition) is 2. The van der Waals surface area contributed by atoms with Crippen LogP contribution >= 0.6 is 0 Å². The molecule has 1 heterocycles. The SMILES string of the molecule is COc1cc(NC(=O)N2CCOC(C(=O)O)C2)ccc1F. The van der Waals surface area contributed by atoms with E-state index < -0.39 is 23.9 Å². The van der Waals surface area contributed by atoms with E-state index >= 15 is 0 Å². The lowest BCUT2D eigenvalue weighted by Gasteiger charge is -2.30. The smallest absolute Gasteiger partial charge is 0.334 e. The molecule has 21 heavy (non-hydrogen) atoms. The summed E-state index contributed by atoms with van der Waals surface area (Å²) in [6.45, 7) is 0.393. The van der Waals surface area contributed by atoms with Crippen LogP contribution in [-0.4, -0.2) is 54.9 Å². The van der Waals surface area contributed by atoms with Crippen molar-refractivity contribution in [1.29, 1.82) is 0 Å². The average molecular weight is 298 g/mol. The van der Waals surface area contributed by atoms with E-state index in [9.17, 15) is 14.0 Å². The van der Waals surface area contributed by atoms with Crippen LogP contribution in [0, 0.1) is 5.82 Å². The first-order chi connectivity index (χ1) is 10.0. The van der Waals surface area contributed by atoms with E-state index in [1.54, 1.807) is 0 Å². The van der Waals surface area contributed by atoms with Crippen molar-refractivity contribution < 1.29 is 28.6 Å². The van der Waals surface area contributed by atoms with E-state index in [4.69, 9.17) is 14.6 Å². The molecule has 0 radical (unpaired) electrons. The van der Waals surface area contributed by atoms with Crippen molar-refractivity contribution in [1.82, 2.24) is 4.90 Å². The summed E-state index contributed by atoms with van der Waals surface area (Å²) in [7, 11) is 1.32. The topological polar surface area (TPSA) is 88.1 Å². The molecule has 8 heteroatoms. The number of rotatable bonds is 3. The van der Waals surface area contributed by atoms with Gasteiger partial charge in [-0.25, -0.2) is 14.0 Å². The van der Waals surface area contributed by atoms with Gasteiger partial charge in [-0.1, -0.05) is 0 Å². The largest absolute Gasteiger partial charge is 0.494 e. The Labute approximate surface area is 120 Å². The molecule has 2 rings (SSSR count). The van der Waals surface area contributed by atoms with E-state index in [2.05, 4.69) is 5.32 Å². The van der Waals surface area contributed by atoms with Gasteiger partial charge in [0.1, 0.15) is 0 Å². The lowest BCUT2D eigenvalue weighted by Crippen LogP contribution is -2.49. The molecule has 0 saturated carbocycles. The molecule has 7 nitrogen and oxygen atoms in total. The first-order valence-electron chi connectivity index (χ1n) is 6.25. The number of carbonyl (C=O) groups excluding carboxylic acids is 1. The Kier molecular flexibility index (Phi) is 4.59. The van der Waals surface area contributed by atoms with Crippen LogP contribution in [0.25, 0.3) is 0 Å². The Morgan fingerprint density at radius 2 is 2.29 bits per heavy atom. The highest BCUT2D eigenvalue weighted by atomic mass is 19.1. The maximum atomic E-state index is 13.3. The summed E-state index contributed by atoms with van der Waals surface area (Å²) >= 11 is 0. The van der Waals surface area contributed by atoms with E-state index in [0.717, 1.165) is 0 Å². The van der Waals surface area contributed by atoms with Gasteiger partial charge < -0.3 is 24.8 Å². The Balaban J connectivity index is 2.02. The number of nitrogens with zero attached hydrogens (tertiary/aromatic N) is 1. The molecular formula is C13H15FN2O5. The molecule has 2 N–H and O–H groups in total. The number of nitrogens with one attached hydrogen (secondary N) is 1. The number of halogens is 1. The summed E-state index contributed by atoms with van der Waals surface area (Å²) in [6, 6.07) is 3.44. The number of methoxy groups -OCH3 is 1. The number of carboxylic acids is 1. The van der Waals surface area contributed by atoms with Crippen LogP contribution < -0.4 is 10.1 Å². The van der Waals surface area contributed by atoms with Gasteiger partial charge in [0.25, 0.3) is 0 Å². The molecule has 1 saturated heterocycles. The minimum absolute atomic E-state index is 0.0122. The van der Waals surface area contributed by atoms with E-state index in [1.165, 1.54) is 30.2 Å². The number of carboxylic acid groups (broad SMARTS) is 1. The van der Waals surface area contributed by atoms with Crippen LogP contribution in [-0.2, 0) is 9.53 Å². The average Bonchev–Trinajstić information content (AvgIpc) is 2.49. The van der Waals surface area contributed by atoms with E-state index in [-0.39, 0.29) is 25.4 Å². The van der Waals surface area contributed by atoms with Crippen molar-refractivity contribution >= 4 is 17.7 Å². The molecule has 2 amide bonds. The maximum Gasteiger partial charge on any atom is 0.334 e. The van der Waals surface area contributed by atoms with Crippen LogP contribution in [0.4, 0.5) is 14.9 Å². The van der Waals surface area contributed by atoms with Gasteiger partial charge in [-0.3, -0.25) is 0 Å². The monoisotopic (exact) mass is 298 g/mol. The Hall–Kier alpha value is -2.35. The van der Waals surface area contributed by atoms with Gasteiger partial charge >= 0.3 is 12.0 Å². The highest BCUT2D eigenvalue weighted by Crippen LogP contribution is 2.21. The van der Waals surface area contributed by atoms with Crippen LogP contribution in [0.2, 0.25) is 0 Å². The zero-order valence-corrected chi connectivity index (χ0v) is 11.3. The molecule has 1 unspecified atom stereocenters. The number of carbonyl (C=O) groups is 2. The van der Waals surface area contributed by atoms with Crippen LogP contribution in [0.3, 0.4) is 0 Å². The van der Waals surface area contributed by atoms with Gasteiger partial charge in [0.15, 0.2) is 17.7 Å². The third-order valence-corrected chi connectivity index (χ3v) is 3.03. The molecular weight excluding hydrogens is 283 g/mol. The number of ether oxygens (including phenoxy) is 2. The van der Waals surface area contributed by atoms with Crippen molar-refractivity contribution in [2.24, 2.45) is 0 Å². The van der Waals surface area contributed by atoms with Crippen LogP contribution in [0.15, 0.2) is 18.2 Å². The fourth-order valence-electron chi connectivity index (χ4n) is 1.92. The molecule has 0 aromatic heterocycles. The molecule has 1 aromatic carbocycles. The zero-order valence-electron chi connectivity index (χ0n) is 11.3. The predicted octanol–water partition coefficient (Wildman–Crippen LogP) is 1.15. The molecule has 1 fully saturated rings. The molecule has 1 atom stereocenters. The van der Waals surface area contributed by atoms with E-state index in [1.807, 2.05) is 0 Å². The van der Waals surface area contributed by atoms with Crippen LogP contribution in [0.1, 0.15) is 0 Å². The summed E-state index contributed by atoms with van der Waals surface area (Å²) in [5, 5.41) is 11.4. The second-order valence-corrected chi connectivity index (χ2v) is 4.42. The number of anilines is 1. The Morgan fingerprint density at radius 3 is 2.95 bits per heavy atom. The molecule has 0 spiro atoms. The van der Waals surface area contributed by atoms with Gasteiger partial charge in [-0.15, -0.1) is 0 Å². The predicted molar refractivity (Wildman–Crippen MR) is 70.9 cm³/mol. The third kappa shape index (κ3) is 3.60. The second kappa shape index (κ2) is 6.40. The minimum Gasteiger partial charge on any atom is -0.494 e. The highest BCUT2D eigenvalue weighted by molar-refractivity contribution is 5.90. The van der Waals surface area contributed by atoms with Gasteiger partial charge in [-0.05, 0) is 12.1 Å². The van der Waals surface area contributed by atoms with Crippen molar-refractivity contribution in [3.8, 4) is 5.75 Å². The number of urea groups is 1. The van der Waals surface area contributed by atoms with Crippen molar-refractivity contribution in [3.63, 3.8) is 0 Å². The number of morpholine rings is 1. The molecule has 0 aliphatic carbocycles. The number of aliphatic carboxylic acids is 1. The van der Waals surface area contributed by atoms with Gasteiger partial charge in [-0.2, -0.15) is 0 Å². The standard InChI is InChI=1S/C13H15FN2O5/c1-20-10-6-8(2-3-9(10)14)15-13(19)16-4-5-21-11(7-16)12(17)18/h2-3,6,11H,4-5,7H2,1H3,(H,15,19)(H,17,18). The summed E-state index contributed by atoms with van der Waals surface area (Å²) in [5.74, 6) is -1.64. The minimum atomic E-state index is -1.11. The summed E-state index contributed by atoms with van der Waals surface area (Å²) in [5.41, 5.74) is 0.358. The number of amides is 2. The highest BCUT2D eigenvalue weighted by Gasteiger charge is 2.29. The summed E-state index contributed by atoms with van der Waals surface area (Å²) in [4.78, 5) is 24.2. The van der Waals surface area contributed by atoms with E-state index in [0.29, 0.717) is 5.69 Å². The number of benzene rings is 1. The van der Waals surface area contributed by atoms with Crippen molar-refractivity contribution in [2.75, 3.05) is 32.1 Å². The maximum absolute atomic E-state index is 13.3. The van der Waals surface area contributed by atoms with Gasteiger partial charge in [0.05, 0.1) is 20.3 Å². The summed E-state index contributed by atoms with van der Waals surface area (Å²) < 4.78 is 23.1. The Bertz CT molecular complexity index is 551. The molecule has 1 aliphatic heterocycles. The lowest BCUT2D eigenvalue weighted by molar-refractivity contribution is -0.154. The molecule has 0 bridgehead atoms. The quantitative estimate of drug-likeness (QED) is 0.874. The molecule has 114 valence electrons. The fourth-order valence-corrected chi connectivity index (χ4v) is 1.92. The molecule has 1 aliphatic rings. The lowest BCUT2D eigenvalue weighted by atomic mass is 10.2. The molecule has 1 aromatic rings. The number of hydrogen-bond acceptors (Lipinski definition) is 4. The summed E-state index contributed by atoms with van der Waals surface area (Å²) in [6.07, 6.45) is -1.03. The van der Waals surface area contributed by atoms with Crippen LogP contribution in [0.5, 0.6) is 5.75 Å². The third-order valence-electron chi connectivity index (χ3n) is 3.03.